The summed E-state index contributed by atoms with van der Waals surface area (Å²) < 4.78 is 70.7. The lowest BCUT2D eigenvalue weighted by atomic mass is 9.66. The summed E-state index contributed by atoms with van der Waals surface area (Å²) in [6.07, 6.45) is -1.85. The van der Waals surface area contributed by atoms with Gasteiger partial charge in [-0.3, -0.25) is 14.4 Å². The second kappa shape index (κ2) is 28.4. The van der Waals surface area contributed by atoms with E-state index < -0.39 is 73.0 Å². The van der Waals surface area contributed by atoms with Crippen molar-refractivity contribution in [3.05, 3.63) is 35.9 Å². The lowest BCUT2D eigenvalue weighted by Crippen LogP contribution is -2.56. The number of carbonyl (C=O) groups excluding carboxylic acids is 4. The van der Waals surface area contributed by atoms with Crippen molar-refractivity contribution in [2.24, 2.45) is 76.9 Å². The van der Waals surface area contributed by atoms with E-state index in [-0.39, 0.29) is 86.2 Å². The molecule has 15 heteroatoms. The van der Waals surface area contributed by atoms with Crippen molar-refractivity contribution < 1.29 is 71.3 Å². The van der Waals surface area contributed by atoms with Crippen LogP contribution in [0.1, 0.15) is 147 Å². The third-order valence-corrected chi connectivity index (χ3v) is 18.4. The van der Waals surface area contributed by atoms with Crippen LogP contribution in [0.3, 0.4) is 0 Å². The molecule has 15 nitrogen and oxygen atoms in total. The Hall–Kier alpha value is -3.18. The minimum Gasteiger partial charge on any atom is -0.465 e. The fourth-order valence-corrected chi connectivity index (χ4v) is 12.6. The first-order valence-electron chi connectivity index (χ1n) is 28.1. The van der Waals surface area contributed by atoms with Crippen LogP contribution in [0.2, 0.25) is 0 Å². The van der Waals surface area contributed by atoms with Crippen LogP contribution < -0.4 is 0 Å². The van der Waals surface area contributed by atoms with Crippen molar-refractivity contribution in [3.63, 3.8) is 0 Å². The van der Waals surface area contributed by atoms with Gasteiger partial charge in [0.05, 0.1) is 62.0 Å². The lowest BCUT2D eigenvalue weighted by molar-refractivity contribution is -0.328. The van der Waals surface area contributed by atoms with E-state index >= 15 is 0 Å². The van der Waals surface area contributed by atoms with Crippen molar-refractivity contribution in [2.75, 3.05) is 33.5 Å². The average Bonchev–Trinajstić information content (AvgIpc) is 3.37. The first kappa shape index (κ1) is 61.7. The summed E-state index contributed by atoms with van der Waals surface area (Å²) in [5, 5.41) is 0. The number of benzene rings is 1. The summed E-state index contributed by atoms with van der Waals surface area (Å²) in [4.78, 5) is 51.1. The van der Waals surface area contributed by atoms with Crippen molar-refractivity contribution in [1.82, 2.24) is 0 Å². The SMILES string of the molecule is CC[C@H]1C[C@@H](O[C@@H]2[C@@H](COC(C)=O)C[C@@H](OC[C@@H](C)[C@@H](OC)[C@H](C)[C@@H](CO[C@@H]3O[C@H](COC(C)=O)[C@@H](O[C@@H]4O[C@H](CC)[C@H](C)[C@H](C)[C@H]4C)[C@H](C)[C@H]3C)OC(=O)c3ccccc3)[C@H](OC(C)=O)[C@H]2C)[C@H](C)[C@@H](C)[C@H]1C. The van der Waals surface area contributed by atoms with E-state index in [0.717, 1.165) is 19.3 Å². The van der Waals surface area contributed by atoms with Crippen LogP contribution in [-0.2, 0) is 66.5 Å². The van der Waals surface area contributed by atoms with Crippen LogP contribution in [0.4, 0.5) is 0 Å². The lowest BCUT2D eigenvalue weighted by Gasteiger charge is -2.49. The standard InChI is InChI=1S/C59H96O15/c1-18-45-25-49(36(8)32(4)34(45)6)70-54-41(13)56(69-44(16)62)50(26-47(54)28-65-42(14)60)67-27-31(3)53(64-17)40(12)51(71-57(63)46-23-21-20-22-24-46)29-68-58-39(11)37(9)55(52(73-58)30-66-43(15)61)74-59-38(10)33(5)35(7)48(19-2)72-59/h20-24,31-41,45,47-56,58-59H,18-19,25-30H2,1-17H3/t31-,32+,33+,34-,35-,36-,37-,38-,39-,40-,41+,45+,47-,48-,49-,50-,51-,52-,53-,54+,55+,56-,58-,59+/m1/s1. The van der Waals surface area contributed by atoms with Crippen LogP contribution in [0.15, 0.2) is 30.3 Å². The highest BCUT2D eigenvalue weighted by Crippen LogP contribution is 2.45. The fraction of sp³-hybridized carbons (Fsp3) is 0.831. The second-order valence-electron chi connectivity index (χ2n) is 23.1. The van der Waals surface area contributed by atoms with Gasteiger partial charge in [-0.1, -0.05) is 115 Å². The van der Waals surface area contributed by atoms with Crippen LogP contribution in [-0.4, -0.2) is 125 Å². The average molecular weight is 1050 g/mol. The summed E-state index contributed by atoms with van der Waals surface area (Å²) in [6, 6.07) is 8.82. The molecule has 4 aliphatic rings. The Balaban J connectivity index is 1.34. The van der Waals surface area contributed by atoms with Crippen LogP contribution in [0, 0.1) is 76.9 Å². The van der Waals surface area contributed by atoms with Crippen molar-refractivity contribution in [2.45, 2.75) is 204 Å². The molecular formula is C59H96O15. The van der Waals surface area contributed by atoms with E-state index in [1.807, 2.05) is 33.8 Å². The first-order valence-corrected chi connectivity index (χ1v) is 28.1. The van der Waals surface area contributed by atoms with Gasteiger partial charge in [-0.05, 0) is 72.8 Å². The second-order valence-corrected chi connectivity index (χ2v) is 23.1. The van der Waals surface area contributed by atoms with Crippen molar-refractivity contribution in [3.8, 4) is 0 Å². The number of hydrogen-bond donors (Lipinski definition) is 0. The molecule has 74 heavy (non-hydrogen) atoms. The van der Waals surface area contributed by atoms with Crippen molar-refractivity contribution >= 4 is 23.9 Å². The molecule has 0 N–H and O–H groups in total. The number of esters is 4. The Kier molecular flexibility index (Phi) is 23.7. The van der Waals surface area contributed by atoms with E-state index in [1.54, 1.807) is 31.4 Å². The van der Waals surface area contributed by atoms with Crippen LogP contribution >= 0.6 is 0 Å². The molecule has 2 aliphatic carbocycles. The zero-order valence-corrected chi connectivity index (χ0v) is 48.0. The summed E-state index contributed by atoms with van der Waals surface area (Å²) in [6.45, 7) is 32.6. The summed E-state index contributed by atoms with van der Waals surface area (Å²) in [5.74, 6) is -0.483. The van der Waals surface area contributed by atoms with E-state index in [4.69, 9.17) is 52.1 Å². The minimum absolute atomic E-state index is 0.00213. The zero-order valence-electron chi connectivity index (χ0n) is 48.0. The number of hydrogen-bond acceptors (Lipinski definition) is 15. The summed E-state index contributed by atoms with van der Waals surface area (Å²) in [7, 11) is 1.63. The molecule has 2 saturated heterocycles. The van der Waals surface area contributed by atoms with Gasteiger partial charge in [0.1, 0.15) is 24.9 Å². The van der Waals surface area contributed by atoms with E-state index in [9.17, 15) is 19.2 Å². The number of rotatable bonds is 23. The van der Waals surface area contributed by atoms with Gasteiger partial charge in [0.2, 0.25) is 0 Å². The van der Waals surface area contributed by atoms with Crippen LogP contribution in [0.25, 0.3) is 0 Å². The maximum absolute atomic E-state index is 13.9. The molecular weight excluding hydrogens is 949 g/mol. The third kappa shape index (κ3) is 15.5. The highest BCUT2D eigenvalue weighted by molar-refractivity contribution is 5.89. The maximum Gasteiger partial charge on any atom is 0.338 e. The Morgan fingerprint density at radius 2 is 1.19 bits per heavy atom. The predicted molar refractivity (Wildman–Crippen MR) is 279 cm³/mol. The Morgan fingerprint density at radius 3 is 1.80 bits per heavy atom. The van der Waals surface area contributed by atoms with Gasteiger partial charge < -0.3 is 52.1 Å². The first-order chi connectivity index (χ1) is 35.0. The van der Waals surface area contributed by atoms with Gasteiger partial charge >= 0.3 is 23.9 Å². The Morgan fingerprint density at radius 1 is 0.581 bits per heavy atom. The molecule has 4 fully saturated rings. The number of carbonyl (C=O) groups is 4. The molecule has 0 amide bonds. The molecule has 1 aromatic rings. The smallest absolute Gasteiger partial charge is 0.338 e. The molecule has 422 valence electrons. The molecule has 2 saturated carbocycles. The van der Waals surface area contributed by atoms with E-state index in [0.29, 0.717) is 47.5 Å². The molecule has 1 aromatic carbocycles. The quantitative estimate of drug-likeness (QED) is 0.0749. The topological polar surface area (TPSA) is 170 Å². The molecule has 0 radical (unpaired) electrons. The largest absolute Gasteiger partial charge is 0.465 e. The van der Waals surface area contributed by atoms with E-state index in [1.165, 1.54) is 20.8 Å². The molecule has 24 atom stereocenters. The summed E-state index contributed by atoms with van der Waals surface area (Å²) in [5.41, 5.74) is 0.390. The molecule has 2 heterocycles. The molecule has 0 spiro atoms. The zero-order chi connectivity index (χ0) is 54.7. The highest BCUT2D eigenvalue weighted by Gasteiger charge is 2.51. The van der Waals surface area contributed by atoms with Gasteiger partial charge in [0, 0.05) is 63.4 Å². The monoisotopic (exact) mass is 1040 g/mol. The molecule has 0 bridgehead atoms. The Labute approximate surface area is 444 Å². The molecule has 5 rings (SSSR count). The normalized spacial score (nSPS) is 38.2. The van der Waals surface area contributed by atoms with Crippen molar-refractivity contribution in [1.29, 1.82) is 0 Å². The maximum atomic E-state index is 13.9. The summed E-state index contributed by atoms with van der Waals surface area (Å²) >= 11 is 0. The van der Waals surface area contributed by atoms with Gasteiger partial charge in [-0.15, -0.1) is 0 Å². The van der Waals surface area contributed by atoms with Gasteiger partial charge in [0.25, 0.3) is 0 Å². The molecule has 0 unspecified atom stereocenters. The highest BCUT2D eigenvalue weighted by atomic mass is 16.7. The number of ether oxygens (including phenoxy) is 11. The molecule has 0 aromatic heterocycles. The minimum atomic E-state index is -0.817. The van der Waals surface area contributed by atoms with Gasteiger partial charge in [-0.25, -0.2) is 4.79 Å². The van der Waals surface area contributed by atoms with Gasteiger partial charge in [0.15, 0.2) is 12.6 Å². The molecule has 2 aliphatic heterocycles. The van der Waals surface area contributed by atoms with Crippen LogP contribution in [0.5, 0.6) is 0 Å². The van der Waals surface area contributed by atoms with Gasteiger partial charge in [-0.2, -0.15) is 0 Å². The fourth-order valence-electron chi connectivity index (χ4n) is 12.6. The van der Waals surface area contributed by atoms with E-state index in [2.05, 4.69) is 62.3 Å². The third-order valence-electron chi connectivity index (χ3n) is 18.4. The number of methoxy groups -OCH3 is 1. The predicted octanol–water partition coefficient (Wildman–Crippen LogP) is 10.1. The Bertz CT molecular complexity index is 1890.